The van der Waals surface area contributed by atoms with Crippen molar-refractivity contribution in [3.8, 4) is 11.8 Å². The molecule has 0 unspecified atom stereocenters. The maximum absolute atomic E-state index is 8.56. The van der Waals surface area contributed by atoms with Gasteiger partial charge in [0.05, 0.1) is 15.2 Å². The fraction of sp³-hybridized carbons (Fsp3) is 0.182. The summed E-state index contributed by atoms with van der Waals surface area (Å²) in [6.07, 6.45) is 0. The molecule has 0 amide bonds. The first-order chi connectivity index (χ1) is 6.79. The number of fused-ring (bicyclic) bond motifs is 1. The van der Waals surface area contributed by atoms with Crippen LogP contribution in [0.25, 0.3) is 10.2 Å². The van der Waals surface area contributed by atoms with Crippen molar-refractivity contribution < 1.29 is 5.11 Å². The lowest BCUT2D eigenvalue weighted by Crippen LogP contribution is -1.76. The Kier molecular flexibility index (Phi) is 2.49. The first kappa shape index (κ1) is 9.20. The van der Waals surface area contributed by atoms with Gasteiger partial charge in [-0.15, -0.1) is 11.3 Å². The zero-order chi connectivity index (χ0) is 9.97. The Morgan fingerprint density at radius 1 is 1.50 bits per heavy atom. The van der Waals surface area contributed by atoms with Crippen molar-refractivity contribution in [3.63, 3.8) is 0 Å². The quantitative estimate of drug-likeness (QED) is 0.664. The second kappa shape index (κ2) is 3.79. The molecular weight excluding hydrogens is 194 g/mol. The highest BCUT2D eigenvalue weighted by Gasteiger charge is 1.99. The molecule has 2 nitrogen and oxygen atoms in total. The lowest BCUT2D eigenvalue weighted by atomic mass is 10.2. The minimum atomic E-state index is -0.0975. The number of rotatable bonds is 0. The van der Waals surface area contributed by atoms with E-state index in [0.717, 1.165) is 20.8 Å². The number of benzene rings is 1. The summed E-state index contributed by atoms with van der Waals surface area (Å²) in [7, 11) is 0. The molecule has 0 aliphatic rings. The van der Waals surface area contributed by atoms with Crippen molar-refractivity contribution >= 4 is 21.6 Å². The van der Waals surface area contributed by atoms with E-state index in [1.165, 1.54) is 0 Å². The van der Waals surface area contributed by atoms with E-state index in [0.29, 0.717) is 0 Å². The summed E-state index contributed by atoms with van der Waals surface area (Å²) in [6, 6.07) is 5.88. The van der Waals surface area contributed by atoms with Gasteiger partial charge >= 0.3 is 0 Å². The highest BCUT2D eigenvalue weighted by molar-refractivity contribution is 7.18. The Hall–Kier alpha value is -1.37. The third kappa shape index (κ3) is 1.77. The van der Waals surface area contributed by atoms with Crippen LogP contribution in [0.4, 0.5) is 0 Å². The summed E-state index contributed by atoms with van der Waals surface area (Å²) in [5.41, 5.74) is 1.94. The average Bonchev–Trinajstić information content (AvgIpc) is 2.54. The monoisotopic (exact) mass is 203 g/mol. The molecule has 3 heteroatoms. The first-order valence-corrected chi connectivity index (χ1v) is 5.08. The van der Waals surface area contributed by atoms with Crippen molar-refractivity contribution in [2.24, 2.45) is 0 Å². The predicted molar refractivity (Wildman–Crippen MR) is 58.3 cm³/mol. The maximum atomic E-state index is 8.56. The summed E-state index contributed by atoms with van der Waals surface area (Å²) in [6.45, 7) is 1.89. The van der Waals surface area contributed by atoms with E-state index in [1.807, 2.05) is 25.1 Å². The van der Waals surface area contributed by atoms with Gasteiger partial charge in [-0.05, 0) is 25.1 Å². The molecule has 0 saturated heterocycles. The Morgan fingerprint density at radius 3 is 3.14 bits per heavy atom. The highest BCUT2D eigenvalue weighted by atomic mass is 32.1. The molecule has 1 heterocycles. The smallest absolute Gasteiger partial charge is 0.104 e. The summed E-state index contributed by atoms with van der Waals surface area (Å²) in [5, 5.41) is 9.62. The molecule has 0 bridgehead atoms. The average molecular weight is 203 g/mol. The molecule has 14 heavy (non-hydrogen) atoms. The number of hydrogen-bond donors (Lipinski definition) is 1. The number of aliphatic hydroxyl groups is 1. The van der Waals surface area contributed by atoms with Gasteiger partial charge in [-0.1, -0.05) is 11.8 Å². The van der Waals surface area contributed by atoms with E-state index in [1.54, 1.807) is 11.3 Å². The van der Waals surface area contributed by atoms with E-state index < -0.39 is 0 Å². The van der Waals surface area contributed by atoms with Crippen molar-refractivity contribution in [2.45, 2.75) is 6.92 Å². The number of aryl methyl sites for hydroxylation is 1. The Balaban J connectivity index is 2.50. The predicted octanol–water partition coefficient (Wildman–Crippen LogP) is 1.95. The zero-order valence-electron chi connectivity index (χ0n) is 7.74. The van der Waals surface area contributed by atoms with Gasteiger partial charge in [0.15, 0.2) is 0 Å². The van der Waals surface area contributed by atoms with Crippen LogP contribution in [0.3, 0.4) is 0 Å². The molecule has 2 aromatic rings. The van der Waals surface area contributed by atoms with Gasteiger partial charge in [0.2, 0.25) is 0 Å². The minimum Gasteiger partial charge on any atom is -0.384 e. The van der Waals surface area contributed by atoms with Crippen LogP contribution in [0.15, 0.2) is 18.2 Å². The maximum Gasteiger partial charge on any atom is 0.104 e. The topological polar surface area (TPSA) is 33.1 Å². The molecule has 0 radical (unpaired) electrons. The molecule has 0 fully saturated rings. The van der Waals surface area contributed by atoms with E-state index in [2.05, 4.69) is 16.8 Å². The molecular formula is C11H9NOS. The van der Waals surface area contributed by atoms with E-state index >= 15 is 0 Å². The second-order valence-corrected chi connectivity index (χ2v) is 4.11. The summed E-state index contributed by atoms with van der Waals surface area (Å²) in [4.78, 5) is 4.36. The molecule has 2 rings (SSSR count). The Labute approximate surface area is 86.2 Å². The van der Waals surface area contributed by atoms with Crippen LogP contribution < -0.4 is 0 Å². The van der Waals surface area contributed by atoms with Crippen LogP contribution in [0.2, 0.25) is 0 Å². The summed E-state index contributed by atoms with van der Waals surface area (Å²) >= 11 is 1.66. The first-order valence-electron chi connectivity index (χ1n) is 4.26. The van der Waals surface area contributed by atoms with Gasteiger partial charge in [0.1, 0.15) is 6.61 Å². The molecule has 0 atom stereocenters. The van der Waals surface area contributed by atoms with E-state index in [4.69, 9.17) is 5.11 Å². The summed E-state index contributed by atoms with van der Waals surface area (Å²) in [5.74, 6) is 5.50. The Morgan fingerprint density at radius 2 is 2.36 bits per heavy atom. The Bertz CT molecular complexity index is 519. The molecule has 1 N–H and O–H groups in total. The largest absolute Gasteiger partial charge is 0.384 e. The molecule has 70 valence electrons. The number of nitrogens with zero attached hydrogens (tertiary/aromatic N) is 1. The molecule has 0 aliphatic carbocycles. The number of thiazole rings is 1. The SMILES string of the molecule is Cc1nc2ccc(C#CCO)cc2s1. The lowest BCUT2D eigenvalue weighted by molar-refractivity contribution is 0.350. The molecule has 0 spiro atoms. The van der Waals surface area contributed by atoms with Crippen LogP contribution in [0.1, 0.15) is 10.6 Å². The lowest BCUT2D eigenvalue weighted by Gasteiger charge is -1.89. The standard InChI is InChI=1S/C11H9NOS/c1-8-12-10-5-4-9(3-2-6-13)7-11(10)14-8/h4-5,7,13H,6H2,1H3. The molecule has 1 aromatic heterocycles. The van der Waals surface area contributed by atoms with Crippen molar-refractivity contribution in [1.82, 2.24) is 4.98 Å². The highest BCUT2D eigenvalue weighted by Crippen LogP contribution is 2.22. The van der Waals surface area contributed by atoms with E-state index in [-0.39, 0.29) is 6.61 Å². The van der Waals surface area contributed by atoms with Crippen molar-refractivity contribution in [1.29, 1.82) is 0 Å². The van der Waals surface area contributed by atoms with Gasteiger partial charge in [-0.25, -0.2) is 4.98 Å². The number of hydrogen-bond acceptors (Lipinski definition) is 3. The van der Waals surface area contributed by atoms with Crippen LogP contribution >= 0.6 is 11.3 Å². The van der Waals surface area contributed by atoms with Gasteiger partial charge in [-0.3, -0.25) is 0 Å². The van der Waals surface area contributed by atoms with E-state index in [9.17, 15) is 0 Å². The fourth-order valence-electron chi connectivity index (χ4n) is 1.26. The van der Waals surface area contributed by atoms with Gasteiger partial charge < -0.3 is 5.11 Å². The minimum absolute atomic E-state index is 0.0975. The summed E-state index contributed by atoms with van der Waals surface area (Å²) < 4.78 is 1.15. The third-order valence-electron chi connectivity index (χ3n) is 1.81. The molecule has 0 aliphatic heterocycles. The van der Waals surface area contributed by atoms with Crippen LogP contribution in [0, 0.1) is 18.8 Å². The molecule has 0 saturated carbocycles. The fourth-order valence-corrected chi connectivity index (χ4v) is 2.13. The third-order valence-corrected chi connectivity index (χ3v) is 2.74. The van der Waals surface area contributed by atoms with Crippen LogP contribution in [0.5, 0.6) is 0 Å². The van der Waals surface area contributed by atoms with Gasteiger partial charge in [-0.2, -0.15) is 0 Å². The zero-order valence-corrected chi connectivity index (χ0v) is 8.56. The van der Waals surface area contributed by atoms with Crippen LogP contribution in [-0.2, 0) is 0 Å². The molecule has 1 aromatic carbocycles. The van der Waals surface area contributed by atoms with Crippen molar-refractivity contribution in [2.75, 3.05) is 6.61 Å². The van der Waals surface area contributed by atoms with Gasteiger partial charge in [0.25, 0.3) is 0 Å². The number of aliphatic hydroxyl groups excluding tert-OH is 1. The normalized spacial score (nSPS) is 9.86. The van der Waals surface area contributed by atoms with Crippen molar-refractivity contribution in [3.05, 3.63) is 28.8 Å². The second-order valence-electron chi connectivity index (χ2n) is 2.88. The van der Waals surface area contributed by atoms with Crippen LogP contribution in [-0.4, -0.2) is 16.7 Å². The van der Waals surface area contributed by atoms with Gasteiger partial charge in [0, 0.05) is 5.56 Å². The number of aromatic nitrogens is 1.